The third-order valence-electron chi connectivity index (χ3n) is 7.67. The van der Waals surface area contributed by atoms with Crippen LogP contribution in [0.1, 0.15) is 129 Å². The van der Waals surface area contributed by atoms with Gasteiger partial charge in [0.2, 0.25) is 0 Å². The molecule has 0 aliphatic heterocycles. The van der Waals surface area contributed by atoms with E-state index in [-0.39, 0.29) is 32.6 Å². The van der Waals surface area contributed by atoms with E-state index in [2.05, 4.69) is 111 Å². The molecule has 0 heterocycles. The standard InChI is InChI=1S/C45H72NO8P/c1-3-5-7-9-11-13-15-17-19-20-21-22-24-25-27-29-31-33-35-37-44(47)51-41-43(42-53-55(49,50)52-40-39-46)54-45(48)38-36-34-32-30-28-26-23-18-16-14-12-10-8-6-4-2/h5-8,11-14,17-19,21-23,25,27,31,33,43H,3-4,9-10,15-16,20,24,26,28-30,32,34-42,46H2,1-2H3,(H,49,50). The number of carbonyl (C=O) groups is 2. The molecule has 0 bridgehead atoms. The molecule has 0 aliphatic rings. The van der Waals surface area contributed by atoms with Crippen LogP contribution in [0.3, 0.4) is 0 Å². The van der Waals surface area contributed by atoms with Crippen molar-refractivity contribution in [2.24, 2.45) is 5.73 Å². The molecule has 9 nitrogen and oxygen atoms in total. The van der Waals surface area contributed by atoms with Gasteiger partial charge in [-0.05, 0) is 83.5 Å². The summed E-state index contributed by atoms with van der Waals surface area (Å²) >= 11 is 0. The van der Waals surface area contributed by atoms with E-state index in [0.717, 1.165) is 89.9 Å². The first-order chi connectivity index (χ1) is 26.8. The minimum absolute atomic E-state index is 0.0342. The highest BCUT2D eigenvalue weighted by molar-refractivity contribution is 7.47. The van der Waals surface area contributed by atoms with Crippen LogP contribution in [-0.4, -0.2) is 49.3 Å². The molecule has 0 fully saturated rings. The van der Waals surface area contributed by atoms with Crippen molar-refractivity contribution in [1.82, 2.24) is 0 Å². The zero-order valence-electron chi connectivity index (χ0n) is 33.9. The van der Waals surface area contributed by atoms with Crippen LogP contribution in [0, 0.1) is 0 Å². The van der Waals surface area contributed by atoms with Gasteiger partial charge in [-0.2, -0.15) is 0 Å². The molecular formula is C45H72NO8P. The number of carbonyl (C=O) groups excluding carboxylic acids is 2. The molecule has 2 unspecified atom stereocenters. The quantitative estimate of drug-likeness (QED) is 0.0275. The Labute approximate surface area is 333 Å². The minimum atomic E-state index is -4.40. The second kappa shape index (κ2) is 40.3. The Bertz CT molecular complexity index is 1260. The fourth-order valence-corrected chi connectivity index (χ4v) is 5.50. The first-order valence-corrected chi connectivity index (χ1v) is 21.9. The maximum absolute atomic E-state index is 12.5. The van der Waals surface area contributed by atoms with E-state index in [1.54, 1.807) is 0 Å². The maximum atomic E-state index is 12.5. The summed E-state index contributed by atoms with van der Waals surface area (Å²) in [6.07, 6.45) is 52.8. The first kappa shape index (κ1) is 51.7. The van der Waals surface area contributed by atoms with Crippen LogP contribution < -0.4 is 5.73 Å². The molecule has 0 aliphatic carbocycles. The number of nitrogens with two attached hydrogens (primary N) is 1. The second-order valence-corrected chi connectivity index (χ2v) is 14.2. The number of hydrogen-bond donors (Lipinski definition) is 2. The second-order valence-electron chi connectivity index (χ2n) is 12.7. The third-order valence-corrected chi connectivity index (χ3v) is 8.65. The van der Waals surface area contributed by atoms with E-state index in [4.69, 9.17) is 24.3 Å². The zero-order chi connectivity index (χ0) is 40.3. The molecule has 0 saturated heterocycles. The van der Waals surface area contributed by atoms with Crippen LogP contribution in [-0.2, 0) is 32.7 Å². The van der Waals surface area contributed by atoms with Crippen molar-refractivity contribution in [2.75, 3.05) is 26.4 Å². The van der Waals surface area contributed by atoms with Crippen molar-refractivity contribution >= 4 is 19.8 Å². The van der Waals surface area contributed by atoms with Gasteiger partial charge in [0, 0.05) is 19.4 Å². The SMILES string of the molecule is CCC=CCC=CCC=CCC=CCC=CCC=CCCC(=O)OCC(COP(=O)(O)OCCN)OC(=O)CCCCCCCC=CCC=CCC=CCC. The highest BCUT2D eigenvalue weighted by Gasteiger charge is 2.25. The van der Waals surface area contributed by atoms with Crippen molar-refractivity contribution in [2.45, 2.75) is 136 Å². The van der Waals surface area contributed by atoms with E-state index in [1.807, 2.05) is 12.2 Å². The summed E-state index contributed by atoms with van der Waals surface area (Å²) in [6.45, 7) is 3.36. The van der Waals surface area contributed by atoms with Crippen LogP contribution in [0.4, 0.5) is 0 Å². The van der Waals surface area contributed by atoms with Gasteiger partial charge in [0.25, 0.3) is 0 Å². The largest absolute Gasteiger partial charge is 0.472 e. The number of phosphoric ester groups is 1. The van der Waals surface area contributed by atoms with Gasteiger partial charge in [0.15, 0.2) is 6.10 Å². The number of hydrogen-bond acceptors (Lipinski definition) is 8. The number of phosphoric acid groups is 1. The van der Waals surface area contributed by atoms with Crippen LogP contribution in [0.15, 0.2) is 109 Å². The molecule has 2 atom stereocenters. The molecule has 0 aromatic carbocycles. The molecule has 0 saturated carbocycles. The highest BCUT2D eigenvalue weighted by Crippen LogP contribution is 2.43. The van der Waals surface area contributed by atoms with Gasteiger partial charge in [-0.15, -0.1) is 0 Å². The van der Waals surface area contributed by atoms with Gasteiger partial charge in [0.1, 0.15) is 6.61 Å². The Morgan fingerprint density at radius 3 is 1.47 bits per heavy atom. The van der Waals surface area contributed by atoms with E-state index < -0.39 is 32.5 Å². The summed E-state index contributed by atoms with van der Waals surface area (Å²) in [6, 6.07) is 0. The molecular weight excluding hydrogens is 713 g/mol. The normalized spacial score (nSPS) is 14.5. The zero-order valence-corrected chi connectivity index (χ0v) is 34.7. The summed E-state index contributed by atoms with van der Waals surface area (Å²) in [5.41, 5.74) is 5.33. The van der Waals surface area contributed by atoms with E-state index in [1.165, 1.54) is 0 Å². The van der Waals surface area contributed by atoms with Crippen LogP contribution in [0.25, 0.3) is 0 Å². The lowest BCUT2D eigenvalue weighted by atomic mass is 10.1. The Hall–Kier alpha value is -3.33. The van der Waals surface area contributed by atoms with Crippen LogP contribution >= 0.6 is 7.82 Å². The summed E-state index contributed by atoms with van der Waals surface area (Å²) < 4.78 is 32.6. The molecule has 0 radical (unpaired) electrons. The molecule has 55 heavy (non-hydrogen) atoms. The average molecular weight is 786 g/mol. The van der Waals surface area contributed by atoms with Crippen molar-refractivity contribution < 1.29 is 37.6 Å². The summed E-state index contributed by atoms with van der Waals surface area (Å²) in [5.74, 6) is -0.960. The Balaban J connectivity index is 4.37. The molecule has 310 valence electrons. The molecule has 3 N–H and O–H groups in total. The minimum Gasteiger partial charge on any atom is -0.462 e. The lowest BCUT2D eigenvalue weighted by molar-refractivity contribution is -0.161. The van der Waals surface area contributed by atoms with Gasteiger partial charge in [0.05, 0.1) is 13.2 Å². The van der Waals surface area contributed by atoms with Crippen LogP contribution in [0.2, 0.25) is 0 Å². The number of allylic oxidation sites excluding steroid dienone is 18. The summed E-state index contributed by atoms with van der Waals surface area (Å²) in [7, 11) is -4.40. The Morgan fingerprint density at radius 1 is 0.545 bits per heavy atom. The molecule has 0 spiro atoms. The third kappa shape index (κ3) is 40.2. The topological polar surface area (TPSA) is 134 Å². The van der Waals surface area contributed by atoms with Crippen LogP contribution in [0.5, 0.6) is 0 Å². The number of rotatable bonds is 36. The average Bonchev–Trinajstić information content (AvgIpc) is 3.17. The van der Waals surface area contributed by atoms with Gasteiger partial charge >= 0.3 is 19.8 Å². The van der Waals surface area contributed by atoms with E-state index >= 15 is 0 Å². The first-order valence-electron chi connectivity index (χ1n) is 20.4. The van der Waals surface area contributed by atoms with Gasteiger partial charge in [-0.1, -0.05) is 142 Å². The smallest absolute Gasteiger partial charge is 0.462 e. The summed E-state index contributed by atoms with van der Waals surface area (Å²) in [4.78, 5) is 34.8. The Morgan fingerprint density at radius 2 is 0.982 bits per heavy atom. The fourth-order valence-electron chi connectivity index (χ4n) is 4.73. The molecule has 10 heteroatoms. The predicted molar refractivity (Wildman–Crippen MR) is 228 cm³/mol. The lowest BCUT2D eigenvalue weighted by Crippen LogP contribution is -2.29. The molecule has 0 amide bonds. The molecule has 0 aromatic heterocycles. The van der Waals surface area contributed by atoms with E-state index in [9.17, 15) is 19.0 Å². The molecule has 0 aromatic rings. The fraction of sp³-hybridized carbons (Fsp3) is 0.556. The number of unbranched alkanes of at least 4 members (excludes halogenated alkanes) is 5. The van der Waals surface area contributed by atoms with Crippen molar-refractivity contribution in [1.29, 1.82) is 0 Å². The highest BCUT2D eigenvalue weighted by atomic mass is 31.2. The van der Waals surface area contributed by atoms with Crippen molar-refractivity contribution in [3.63, 3.8) is 0 Å². The van der Waals surface area contributed by atoms with Crippen molar-refractivity contribution in [3.05, 3.63) is 109 Å². The Kier molecular flexibility index (Phi) is 37.9. The van der Waals surface area contributed by atoms with Gasteiger partial charge in [-0.3, -0.25) is 18.6 Å². The van der Waals surface area contributed by atoms with E-state index in [0.29, 0.717) is 12.8 Å². The number of esters is 2. The monoisotopic (exact) mass is 785 g/mol. The molecule has 0 rings (SSSR count). The number of ether oxygens (including phenoxy) is 2. The maximum Gasteiger partial charge on any atom is 0.472 e. The predicted octanol–water partition coefficient (Wildman–Crippen LogP) is 11.6. The van der Waals surface area contributed by atoms with Gasteiger partial charge < -0.3 is 20.1 Å². The van der Waals surface area contributed by atoms with Gasteiger partial charge in [-0.25, -0.2) is 4.57 Å². The van der Waals surface area contributed by atoms with Crippen molar-refractivity contribution in [3.8, 4) is 0 Å². The summed E-state index contributed by atoms with van der Waals surface area (Å²) in [5, 5.41) is 0. The lowest BCUT2D eigenvalue weighted by Gasteiger charge is -2.19.